The first kappa shape index (κ1) is 14.8. The van der Waals surface area contributed by atoms with Crippen molar-refractivity contribution in [3.05, 3.63) is 23.8 Å². The maximum absolute atomic E-state index is 9.05. The minimum atomic E-state index is 0.0749. The molecule has 4 heteroatoms. The molecule has 0 aliphatic heterocycles. The van der Waals surface area contributed by atoms with Crippen LogP contribution in [0.3, 0.4) is 0 Å². The van der Waals surface area contributed by atoms with Crippen molar-refractivity contribution < 1.29 is 14.6 Å². The zero-order chi connectivity index (χ0) is 13.4. The normalized spacial score (nSPS) is 12.2. The summed E-state index contributed by atoms with van der Waals surface area (Å²) in [5.74, 6) is 1.52. The fraction of sp³-hybridized carbons (Fsp3) is 0.571. The van der Waals surface area contributed by atoms with Gasteiger partial charge < -0.3 is 19.9 Å². The lowest BCUT2D eigenvalue weighted by atomic mass is 10.1. The van der Waals surface area contributed by atoms with E-state index in [2.05, 4.69) is 12.2 Å². The van der Waals surface area contributed by atoms with Gasteiger partial charge in [0.25, 0.3) is 0 Å². The third-order valence-corrected chi connectivity index (χ3v) is 2.99. The molecule has 1 aromatic rings. The van der Waals surface area contributed by atoms with Crippen molar-refractivity contribution >= 4 is 0 Å². The van der Waals surface area contributed by atoms with Crippen LogP contribution in [0.25, 0.3) is 0 Å². The van der Waals surface area contributed by atoms with Gasteiger partial charge in [-0.3, -0.25) is 0 Å². The quantitative estimate of drug-likeness (QED) is 0.739. The van der Waals surface area contributed by atoms with Crippen molar-refractivity contribution in [2.45, 2.75) is 25.8 Å². The van der Waals surface area contributed by atoms with E-state index in [4.69, 9.17) is 14.6 Å². The zero-order valence-electron chi connectivity index (χ0n) is 11.4. The van der Waals surface area contributed by atoms with Gasteiger partial charge >= 0.3 is 0 Å². The van der Waals surface area contributed by atoms with Gasteiger partial charge in [-0.15, -0.1) is 0 Å². The summed E-state index contributed by atoms with van der Waals surface area (Å²) in [6.07, 6.45) is 1.73. The third kappa shape index (κ3) is 4.20. The molecule has 0 aromatic heterocycles. The number of ether oxygens (including phenoxy) is 2. The number of aliphatic hydroxyl groups excluding tert-OH is 1. The molecule has 0 spiro atoms. The summed E-state index contributed by atoms with van der Waals surface area (Å²) in [6.45, 7) is 2.77. The average Bonchev–Trinajstić information content (AvgIpc) is 2.43. The Kier molecular flexibility index (Phi) is 6.54. The topological polar surface area (TPSA) is 50.7 Å². The SMILES string of the molecule is CCc1ccc(OCCC(CO)NC)c(OC)c1. The molecule has 4 nitrogen and oxygen atoms in total. The minimum Gasteiger partial charge on any atom is -0.493 e. The van der Waals surface area contributed by atoms with E-state index in [0.29, 0.717) is 6.61 Å². The Hall–Kier alpha value is -1.26. The van der Waals surface area contributed by atoms with Gasteiger partial charge in [-0.2, -0.15) is 0 Å². The largest absolute Gasteiger partial charge is 0.493 e. The van der Waals surface area contributed by atoms with Crippen molar-refractivity contribution in [1.29, 1.82) is 0 Å². The zero-order valence-corrected chi connectivity index (χ0v) is 11.4. The highest BCUT2D eigenvalue weighted by Gasteiger charge is 2.07. The molecule has 18 heavy (non-hydrogen) atoms. The lowest BCUT2D eigenvalue weighted by Gasteiger charge is -2.15. The molecular weight excluding hydrogens is 230 g/mol. The molecule has 0 heterocycles. The maximum Gasteiger partial charge on any atom is 0.161 e. The number of hydrogen-bond donors (Lipinski definition) is 2. The highest BCUT2D eigenvalue weighted by atomic mass is 16.5. The van der Waals surface area contributed by atoms with Gasteiger partial charge in [0.1, 0.15) is 0 Å². The van der Waals surface area contributed by atoms with Crippen LogP contribution in [0, 0.1) is 0 Å². The molecule has 0 saturated heterocycles. The van der Waals surface area contributed by atoms with Gasteiger partial charge in [0.05, 0.1) is 20.3 Å². The molecule has 1 atom stereocenters. The summed E-state index contributed by atoms with van der Waals surface area (Å²) < 4.78 is 11.0. The molecule has 1 aromatic carbocycles. The Balaban J connectivity index is 2.56. The molecule has 0 aliphatic rings. The number of methoxy groups -OCH3 is 1. The van der Waals surface area contributed by atoms with Gasteiger partial charge in [0.15, 0.2) is 11.5 Å². The van der Waals surface area contributed by atoms with Crippen LogP contribution in [0.1, 0.15) is 18.9 Å². The second kappa shape index (κ2) is 7.95. The predicted molar refractivity (Wildman–Crippen MR) is 72.4 cm³/mol. The Labute approximate surface area is 109 Å². The number of aliphatic hydroxyl groups is 1. The van der Waals surface area contributed by atoms with E-state index < -0.39 is 0 Å². The van der Waals surface area contributed by atoms with E-state index in [1.807, 2.05) is 25.2 Å². The first-order chi connectivity index (χ1) is 8.74. The second-order valence-electron chi connectivity index (χ2n) is 4.14. The lowest BCUT2D eigenvalue weighted by molar-refractivity contribution is 0.211. The second-order valence-corrected chi connectivity index (χ2v) is 4.14. The van der Waals surface area contributed by atoms with E-state index in [1.165, 1.54) is 5.56 Å². The summed E-state index contributed by atoms with van der Waals surface area (Å²) in [5, 5.41) is 12.1. The smallest absolute Gasteiger partial charge is 0.161 e. The molecule has 102 valence electrons. The van der Waals surface area contributed by atoms with E-state index in [0.717, 1.165) is 24.3 Å². The van der Waals surface area contributed by atoms with Gasteiger partial charge in [0, 0.05) is 6.04 Å². The molecule has 0 amide bonds. The minimum absolute atomic E-state index is 0.0749. The van der Waals surface area contributed by atoms with Crippen molar-refractivity contribution in [1.82, 2.24) is 5.32 Å². The molecule has 1 unspecified atom stereocenters. The van der Waals surface area contributed by atoms with Crippen LogP contribution in [0.5, 0.6) is 11.5 Å². The van der Waals surface area contributed by atoms with E-state index in [9.17, 15) is 0 Å². The van der Waals surface area contributed by atoms with Gasteiger partial charge in [-0.05, 0) is 37.6 Å². The number of aryl methyl sites for hydroxylation is 1. The molecule has 0 fully saturated rings. The van der Waals surface area contributed by atoms with Gasteiger partial charge in [0.2, 0.25) is 0 Å². The molecular formula is C14H23NO3. The molecule has 0 radical (unpaired) electrons. The van der Waals surface area contributed by atoms with Crippen LogP contribution in [0.2, 0.25) is 0 Å². The average molecular weight is 253 g/mol. The maximum atomic E-state index is 9.05. The first-order valence-electron chi connectivity index (χ1n) is 6.33. The van der Waals surface area contributed by atoms with E-state index in [-0.39, 0.29) is 12.6 Å². The monoisotopic (exact) mass is 253 g/mol. The Morgan fingerprint density at radius 2 is 2.11 bits per heavy atom. The molecule has 2 N–H and O–H groups in total. The Morgan fingerprint density at radius 1 is 1.33 bits per heavy atom. The highest BCUT2D eigenvalue weighted by molar-refractivity contribution is 5.42. The van der Waals surface area contributed by atoms with E-state index >= 15 is 0 Å². The predicted octanol–water partition coefficient (Wildman–Crippen LogP) is 1.61. The molecule has 0 aliphatic carbocycles. The fourth-order valence-corrected chi connectivity index (χ4v) is 1.69. The third-order valence-electron chi connectivity index (χ3n) is 2.99. The summed E-state index contributed by atoms with van der Waals surface area (Å²) in [7, 11) is 3.48. The summed E-state index contributed by atoms with van der Waals surface area (Å²) >= 11 is 0. The Morgan fingerprint density at radius 3 is 2.67 bits per heavy atom. The number of hydrogen-bond acceptors (Lipinski definition) is 4. The fourth-order valence-electron chi connectivity index (χ4n) is 1.69. The lowest BCUT2D eigenvalue weighted by Crippen LogP contribution is -2.30. The summed E-state index contributed by atoms with van der Waals surface area (Å²) in [4.78, 5) is 0. The van der Waals surface area contributed by atoms with E-state index in [1.54, 1.807) is 7.11 Å². The summed E-state index contributed by atoms with van der Waals surface area (Å²) in [5.41, 5.74) is 1.22. The summed E-state index contributed by atoms with van der Waals surface area (Å²) in [6, 6.07) is 6.05. The van der Waals surface area contributed by atoms with Crippen LogP contribution >= 0.6 is 0 Å². The van der Waals surface area contributed by atoms with Crippen LogP contribution in [-0.4, -0.2) is 38.5 Å². The number of nitrogens with one attached hydrogen (secondary N) is 1. The Bertz CT molecular complexity index is 351. The standard InChI is InChI=1S/C14H23NO3/c1-4-11-5-6-13(14(9-11)17-3)18-8-7-12(10-16)15-2/h5-6,9,12,15-16H,4,7-8,10H2,1-3H3. The van der Waals surface area contributed by atoms with Gasteiger partial charge in [-0.1, -0.05) is 13.0 Å². The van der Waals surface area contributed by atoms with Gasteiger partial charge in [-0.25, -0.2) is 0 Å². The first-order valence-corrected chi connectivity index (χ1v) is 6.33. The number of benzene rings is 1. The van der Waals surface area contributed by atoms with Crippen LogP contribution in [0.15, 0.2) is 18.2 Å². The molecule has 1 rings (SSSR count). The number of rotatable bonds is 8. The van der Waals surface area contributed by atoms with Crippen molar-refractivity contribution in [3.8, 4) is 11.5 Å². The van der Waals surface area contributed by atoms with Crippen LogP contribution in [-0.2, 0) is 6.42 Å². The van der Waals surface area contributed by atoms with Crippen LogP contribution in [0.4, 0.5) is 0 Å². The van der Waals surface area contributed by atoms with Crippen molar-refractivity contribution in [3.63, 3.8) is 0 Å². The molecule has 0 saturated carbocycles. The molecule has 0 bridgehead atoms. The number of likely N-dealkylation sites (N-methyl/N-ethyl adjacent to an activating group) is 1. The van der Waals surface area contributed by atoms with Crippen molar-refractivity contribution in [2.24, 2.45) is 0 Å². The van der Waals surface area contributed by atoms with Crippen LogP contribution < -0.4 is 14.8 Å². The van der Waals surface area contributed by atoms with Crippen molar-refractivity contribution in [2.75, 3.05) is 27.4 Å². The highest BCUT2D eigenvalue weighted by Crippen LogP contribution is 2.28.